The van der Waals surface area contributed by atoms with E-state index in [0.29, 0.717) is 31.6 Å². The molecule has 5 rings (SSSR count). The van der Waals surface area contributed by atoms with Crippen LogP contribution in [0.15, 0.2) is 65.2 Å². The molecule has 0 spiro atoms. The van der Waals surface area contributed by atoms with Crippen molar-refractivity contribution in [2.24, 2.45) is 0 Å². The van der Waals surface area contributed by atoms with Gasteiger partial charge in [-0.1, -0.05) is 36.4 Å². The van der Waals surface area contributed by atoms with E-state index in [1.807, 2.05) is 55.6 Å². The van der Waals surface area contributed by atoms with E-state index in [4.69, 9.17) is 4.42 Å². The number of rotatable bonds is 11. The number of amides is 1. The SMILES string of the molecule is CC1CCC(C)N1CCCCNC(=O)C(C)(Cc1c[nH]c2ccccc12)NCc1cc2ccccc2o1. The molecule has 6 heteroatoms. The number of benzene rings is 2. The van der Waals surface area contributed by atoms with Crippen molar-refractivity contribution >= 4 is 27.8 Å². The van der Waals surface area contributed by atoms with E-state index in [-0.39, 0.29) is 5.91 Å². The van der Waals surface area contributed by atoms with Crippen molar-refractivity contribution in [1.82, 2.24) is 20.5 Å². The summed E-state index contributed by atoms with van der Waals surface area (Å²) >= 11 is 0. The first-order valence-electron chi connectivity index (χ1n) is 13.7. The van der Waals surface area contributed by atoms with Gasteiger partial charge in [0, 0.05) is 47.5 Å². The average Bonchev–Trinajstić information content (AvgIpc) is 3.60. The molecule has 0 radical (unpaired) electrons. The molecule has 4 aromatic rings. The first kappa shape index (κ1) is 25.6. The molecule has 6 nitrogen and oxygen atoms in total. The largest absolute Gasteiger partial charge is 0.460 e. The second kappa shape index (κ2) is 11.1. The van der Waals surface area contributed by atoms with Crippen LogP contribution in [0.2, 0.25) is 0 Å². The van der Waals surface area contributed by atoms with Crippen molar-refractivity contribution in [2.45, 2.75) is 77.0 Å². The minimum atomic E-state index is -0.790. The number of hydrogen-bond acceptors (Lipinski definition) is 4. The van der Waals surface area contributed by atoms with Gasteiger partial charge < -0.3 is 14.7 Å². The highest BCUT2D eigenvalue weighted by Gasteiger charge is 2.34. The molecule has 2 aromatic carbocycles. The average molecular weight is 501 g/mol. The van der Waals surface area contributed by atoms with Gasteiger partial charge in [-0.05, 0) is 76.8 Å². The maximum atomic E-state index is 13.6. The van der Waals surface area contributed by atoms with E-state index >= 15 is 0 Å². The molecule has 1 saturated heterocycles. The molecule has 3 atom stereocenters. The van der Waals surface area contributed by atoms with Gasteiger partial charge in [-0.2, -0.15) is 0 Å². The number of fused-ring (bicyclic) bond motifs is 2. The first-order valence-corrected chi connectivity index (χ1v) is 13.7. The van der Waals surface area contributed by atoms with Gasteiger partial charge in [-0.3, -0.25) is 15.0 Å². The number of carbonyl (C=O) groups excluding carboxylic acids is 1. The van der Waals surface area contributed by atoms with Gasteiger partial charge in [-0.25, -0.2) is 0 Å². The molecule has 2 aromatic heterocycles. The summed E-state index contributed by atoms with van der Waals surface area (Å²) < 4.78 is 6.02. The monoisotopic (exact) mass is 500 g/mol. The summed E-state index contributed by atoms with van der Waals surface area (Å²) in [6.07, 6.45) is 7.26. The van der Waals surface area contributed by atoms with Gasteiger partial charge in [0.1, 0.15) is 11.3 Å². The van der Waals surface area contributed by atoms with E-state index in [2.05, 4.69) is 46.5 Å². The molecular formula is C31H40N4O2. The van der Waals surface area contributed by atoms with Crippen LogP contribution < -0.4 is 10.6 Å². The minimum absolute atomic E-state index is 0.0248. The van der Waals surface area contributed by atoms with Crippen molar-refractivity contribution < 1.29 is 9.21 Å². The van der Waals surface area contributed by atoms with Gasteiger partial charge >= 0.3 is 0 Å². The molecule has 0 aliphatic carbocycles. The predicted octanol–water partition coefficient (Wildman–Crippen LogP) is 5.77. The van der Waals surface area contributed by atoms with Gasteiger partial charge in [0.2, 0.25) is 5.91 Å². The zero-order valence-electron chi connectivity index (χ0n) is 22.3. The molecule has 1 aliphatic rings. The Labute approximate surface area is 219 Å². The second-order valence-electron chi connectivity index (χ2n) is 10.9. The summed E-state index contributed by atoms with van der Waals surface area (Å²) in [6, 6.07) is 19.6. The molecule has 0 bridgehead atoms. The normalized spacial score (nSPS) is 20.0. The molecule has 37 heavy (non-hydrogen) atoms. The van der Waals surface area contributed by atoms with Crippen LogP contribution in [0, 0.1) is 0 Å². The maximum absolute atomic E-state index is 13.6. The zero-order valence-corrected chi connectivity index (χ0v) is 22.3. The van der Waals surface area contributed by atoms with Crippen molar-refractivity contribution in [1.29, 1.82) is 0 Å². The summed E-state index contributed by atoms with van der Waals surface area (Å²) in [5, 5.41) is 9.01. The Bertz CT molecular complexity index is 1300. The van der Waals surface area contributed by atoms with E-state index in [1.165, 1.54) is 12.8 Å². The Kier molecular flexibility index (Phi) is 7.68. The Balaban J connectivity index is 1.24. The fourth-order valence-corrected chi connectivity index (χ4v) is 5.79. The number of H-pyrrole nitrogens is 1. The number of likely N-dealkylation sites (tertiary alicyclic amines) is 1. The van der Waals surface area contributed by atoms with Gasteiger partial charge in [0.25, 0.3) is 0 Å². The van der Waals surface area contributed by atoms with Crippen LogP contribution in [-0.2, 0) is 17.8 Å². The number of aromatic nitrogens is 1. The fourth-order valence-electron chi connectivity index (χ4n) is 5.79. The predicted molar refractivity (Wildman–Crippen MR) is 151 cm³/mol. The molecule has 3 unspecified atom stereocenters. The highest BCUT2D eigenvalue weighted by Crippen LogP contribution is 2.25. The van der Waals surface area contributed by atoms with Gasteiger partial charge in [0.15, 0.2) is 0 Å². The van der Waals surface area contributed by atoms with Gasteiger partial charge in [-0.15, -0.1) is 0 Å². The number of nitrogens with zero attached hydrogens (tertiary/aromatic N) is 1. The molecule has 3 heterocycles. The molecule has 196 valence electrons. The maximum Gasteiger partial charge on any atom is 0.240 e. The van der Waals surface area contributed by atoms with Crippen LogP contribution in [0.25, 0.3) is 21.9 Å². The number of aromatic amines is 1. The summed E-state index contributed by atoms with van der Waals surface area (Å²) in [6.45, 7) is 8.93. The molecule has 3 N–H and O–H groups in total. The van der Waals surface area contributed by atoms with Crippen LogP contribution in [0.4, 0.5) is 0 Å². The molecule has 1 fully saturated rings. The highest BCUT2D eigenvalue weighted by atomic mass is 16.3. The fraction of sp³-hybridized carbons (Fsp3) is 0.452. The van der Waals surface area contributed by atoms with Crippen molar-refractivity contribution in [3.8, 4) is 0 Å². The summed E-state index contributed by atoms with van der Waals surface area (Å²) in [7, 11) is 0. The van der Waals surface area contributed by atoms with E-state index < -0.39 is 5.54 Å². The lowest BCUT2D eigenvalue weighted by Crippen LogP contribution is -2.56. The smallest absolute Gasteiger partial charge is 0.240 e. The van der Waals surface area contributed by atoms with Crippen LogP contribution in [0.3, 0.4) is 0 Å². The minimum Gasteiger partial charge on any atom is -0.460 e. The van der Waals surface area contributed by atoms with Crippen LogP contribution >= 0.6 is 0 Å². The van der Waals surface area contributed by atoms with Crippen LogP contribution in [0.5, 0.6) is 0 Å². The topological polar surface area (TPSA) is 73.3 Å². The van der Waals surface area contributed by atoms with Crippen LogP contribution in [-0.4, -0.2) is 46.5 Å². The van der Waals surface area contributed by atoms with E-state index in [9.17, 15) is 4.79 Å². The van der Waals surface area contributed by atoms with E-state index in [0.717, 1.165) is 52.6 Å². The van der Waals surface area contributed by atoms with Crippen molar-refractivity contribution in [3.63, 3.8) is 0 Å². The molecule has 1 aliphatic heterocycles. The van der Waals surface area contributed by atoms with Gasteiger partial charge in [0.05, 0.1) is 12.1 Å². The third kappa shape index (κ3) is 5.76. The van der Waals surface area contributed by atoms with Crippen molar-refractivity contribution in [3.05, 3.63) is 72.1 Å². The molecule has 1 amide bonds. The third-order valence-electron chi connectivity index (χ3n) is 8.11. The zero-order chi connectivity index (χ0) is 25.8. The van der Waals surface area contributed by atoms with Crippen LogP contribution in [0.1, 0.15) is 57.8 Å². The molecular weight excluding hydrogens is 460 g/mol. The Hall–Kier alpha value is -3.09. The van der Waals surface area contributed by atoms with Crippen molar-refractivity contribution in [2.75, 3.05) is 13.1 Å². The lowest BCUT2D eigenvalue weighted by molar-refractivity contribution is -0.127. The summed E-state index contributed by atoms with van der Waals surface area (Å²) in [4.78, 5) is 19.6. The Morgan fingerprint density at radius 2 is 1.84 bits per heavy atom. The molecule has 0 saturated carbocycles. The first-order chi connectivity index (χ1) is 17.9. The lowest BCUT2D eigenvalue weighted by Gasteiger charge is -2.30. The number of carbonyl (C=O) groups is 1. The Morgan fingerprint density at radius 3 is 2.65 bits per heavy atom. The number of para-hydroxylation sites is 2. The number of furan rings is 1. The third-order valence-corrected chi connectivity index (χ3v) is 8.11. The van der Waals surface area contributed by atoms with E-state index in [1.54, 1.807) is 0 Å². The standard InChI is InChI=1S/C31H40N4O2/c1-22-14-15-23(2)35(22)17-9-8-16-32-30(36)31(3,19-25-20-33-28-12-6-5-11-27(25)28)34-21-26-18-24-10-4-7-13-29(24)37-26/h4-7,10-13,18,20,22-23,33-34H,8-9,14-17,19,21H2,1-3H3,(H,32,36). The second-order valence-corrected chi connectivity index (χ2v) is 10.9. The summed E-state index contributed by atoms with van der Waals surface area (Å²) in [5.41, 5.74) is 2.29. The lowest BCUT2D eigenvalue weighted by atomic mass is 9.91. The number of nitrogens with one attached hydrogen (secondary N) is 3. The Morgan fingerprint density at radius 1 is 1.08 bits per heavy atom. The summed E-state index contributed by atoms with van der Waals surface area (Å²) in [5.74, 6) is 0.852. The quantitative estimate of drug-likeness (QED) is 0.229. The number of hydrogen-bond donors (Lipinski definition) is 3. The number of unbranched alkanes of at least 4 members (excludes halogenated alkanes) is 1. The highest BCUT2D eigenvalue weighted by molar-refractivity contribution is 5.89.